The molecular weight excluding hydrogens is 398 g/mol. The summed E-state index contributed by atoms with van der Waals surface area (Å²) in [5, 5.41) is 4.71. The van der Waals surface area contributed by atoms with Gasteiger partial charge in [-0.05, 0) is 30.6 Å². The van der Waals surface area contributed by atoms with E-state index in [2.05, 4.69) is 39.0 Å². The van der Waals surface area contributed by atoms with Crippen LogP contribution in [0.4, 0.5) is 5.82 Å². The van der Waals surface area contributed by atoms with Crippen molar-refractivity contribution in [3.8, 4) is 17.0 Å². The summed E-state index contributed by atoms with van der Waals surface area (Å²) in [5.41, 5.74) is 9.28. The maximum Gasteiger partial charge on any atom is 0.302 e. The van der Waals surface area contributed by atoms with Gasteiger partial charge in [-0.15, -0.1) is 5.10 Å². The lowest BCUT2D eigenvalue weighted by molar-refractivity contribution is -0.141. The number of rotatable bonds is 9. The predicted octanol–water partition coefficient (Wildman–Crippen LogP) is 4.40. The fraction of sp³-hybridized carbons (Fsp3) is 0.545. The number of ether oxygens (including phenoxy) is 2. The van der Waals surface area contributed by atoms with E-state index >= 15 is 0 Å². The number of carbonyl (C=O) groups excluding carboxylic acids is 1. The molecule has 0 aliphatic carbocycles. The molecule has 8 heteroatoms. The van der Waals surface area contributed by atoms with Gasteiger partial charge in [0.1, 0.15) is 19.0 Å². The fourth-order valence-corrected chi connectivity index (χ4v) is 3.68. The Kier molecular flexibility index (Phi) is 7.71. The van der Waals surface area contributed by atoms with Crippen molar-refractivity contribution < 1.29 is 18.7 Å². The predicted molar refractivity (Wildman–Crippen MR) is 122 cm³/mol. The number of nitrogen functional groups attached to an aromatic ring is 1. The van der Waals surface area contributed by atoms with Crippen LogP contribution in [0.5, 0.6) is 5.88 Å². The van der Waals surface area contributed by atoms with Crippen LogP contribution in [0, 0.1) is 6.92 Å². The molecule has 1 aromatic carbocycles. The van der Waals surface area contributed by atoms with Gasteiger partial charge in [0.2, 0.25) is 5.88 Å². The Labute approximate surface area is 180 Å². The zero-order chi connectivity index (χ0) is 22.5. The lowest BCUT2D eigenvalue weighted by atomic mass is 10.1. The van der Waals surface area contributed by atoms with Crippen molar-refractivity contribution >= 4 is 20.1 Å². The molecule has 1 heterocycles. The number of nitrogens with two attached hydrogens (primary N) is 1. The average Bonchev–Trinajstić information content (AvgIpc) is 2.94. The van der Waals surface area contributed by atoms with E-state index in [1.54, 1.807) is 4.68 Å². The first-order valence-electron chi connectivity index (χ1n) is 10.3. The molecule has 0 saturated heterocycles. The maximum atomic E-state index is 11.0. The molecule has 0 amide bonds. The molecule has 0 aliphatic rings. The second kappa shape index (κ2) is 9.66. The Bertz CT molecular complexity index is 855. The molecule has 0 spiro atoms. The van der Waals surface area contributed by atoms with E-state index in [9.17, 15) is 4.79 Å². The third-order valence-electron chi connectivity index (χ3n) is 5.50. The van der Waals surface area contributed by atoms with E-state index in [1.165, 1.54) is 6.92 Å². The van der Waals surface area contributed by atoms with Crippen LogP contribution in [0.25, 0.3) is 11.1 Å². The molecule has 166 valence electrons. The summed E-state index contributed by atoms with van der Waals surface area (Å²) in [6.45, 7) is 15.9. The van der Waals surface area contributed by atoms with Gasteiger partial charge in [-0.1, -0.05) is 50.6 Å². The summed E-state index contributed by atoms with van der Waals surface area (Å²) < 4.78 is 18.8. The molecule has 0 unspecified atom stereocenters. The number of aryl methyl sites for hydroxylation is 1. The maximum absolute atomic E-state index is 11.0. The Morgan fingerprint density at radius 3 is 2.33 bits per heavy atom. The van der Waals surface area contributed by atoms with Gasteiger partial charge in [0.25, 0.3) is 0 Å². The van der Waals surface area contributed by atoms with Crippen LogP contribution < -0.4 is 10.5 Å². The van der Waals surface area contributed by atoms with Gasteiger partial charge in [0, 0.05) is 6.92 Å². The quantitative estimate of drug-likeness (QED) is 0.358. The molecule has 30 heavy (non-hydrogen) atoms. The fourth-order valence-electron chi connectivity index (χ4n) is 2.64. The summed E-state index contributed by atoms with van der Waals surface area (Å²) in [5.74, 6) is 0.612. The van der Waals surface area contributed by atoms with Crippen molar-refractivity contribution in [2.45, 2.75) is 59.3 Å². The van der Waals surface area contributed by atoms with Gasteiger partial charge in [-0.2, -0.15) is 0 Å². The van der Waals surface area contributed by atoms with Crippen LogP contribution >= 0.6 is 0 Å². The number of carbonyl (C=O) groups is 1. The van der Waals surface area contributed by atoms with Gasteiger partial charge in [-0.3, -0.25) is 4.79 Å². The lowest BCUT2D eigenvalue weighted by Gasteiger charge is -2.36. The lowest BCUT2D eigenvalue weighted by Crippen LogP contribution is -2.41. The molecule has 0 atom stereocenters. The first-order valence-corrected chi connectivity index (χ1v) is 13.2. The second-order valence-corrected chi connectivity index (χ2v) is 13.8. The van der Waals surface area contributed by atoms with Gasteiger partial charge < -0.3 is 19.6 Å². The smallest absolute Gasteiger partial charge is 0.302 e. The molecular formula is C22H35N3O4Si. The Morgan fingerprint density at radius 1 is 1.13 bits per heavy atom. The Hall–Kier alpha value is -2.32. The number of anilines is 1. The van der Waals surface area contributed by atoms with Crippen molar-refractivity contribution in [1.82, 2.24) is 9.78 Å². The van der Waals surface area contributed by atoms with E-state index in [1.807, 2.05) is 31.2 Å². The van der Waals surface area contributed by atoms with Crippen LogP contribution in [0.2, 0.25) is 18.1 Å². The molecule has 2 aromatic rings. The van der Waals surface area contributed by atoms with Crippen molar-refractivity contribution in [2.24, 2.45) is 0 Å². The zero-order valence-corrected chi connectivity index (χ0v) is 20.2. The van der Waals surface area contributed by atoms with E-state index in [4.69, 9.17) is 19.6 Å². The molecule has 0 saturated carbocycles. The standard InChI is InChI=1S/C22H35N3O4Si/c1-16-8-10-18(11-9-16)19-20(23)25(12-13-29-30(6,7)22(3,4)5)24-21(19)28-15-14-27-17(2)26/h8-11H,12-15,23H2,1-7H3. The Balaban J connectivity index is 2.21. The molecule has 1 aromatic heterocycles. The zero-order valence-electron chi connectivity index (χ0n) is 19.2. The number of benzene rings is 1. The monoisotopic (exact) mass is 433 g/mol. The third kappa shape index (κ3) is 6.09. The highest BCUT2D eigenvalue weighted by Gasteiger charge is 2.37. The normalized spacial score (nSPS) is 12.1. The largest absolute Gasteiger partial charge is 0.472 e. The molecule has 0 aliphatic heterocycles. The summed E-state index contributed by atoms with van der Waals surface area (Å²) in [4.78, 5) is 11.0. The van der Waals surface area contributed by atoms with E-state index in [0.29, 0.717) is 24.8 Å². The minimum absolute atomic E-state index is 0.140. The van der Waals surface area contributed by atoms with Crippen molar-refractivity contribution in [3.05, 3.63) is 29.8 Å². The number of hydrogen-bond donors (Lipinski definition) is 1. The highest BCUT2D eigenvalue weighted by molar-refractivity contribution is 6.74. The number of nitrogens with zero attached hydrogens (tertiary/aromatic N) is 2. The number of esters is 1. The highest BCUT2D eigenvalue weighted by Crippen LogP contribution is 2.37. The molecule has 2 N–H and O–H groups in total. The van der Waals surface area contributed by atoms with Crippen molar-refractivity contribution in [3.63, 3.8) is 0 Å². The van der Waals surface area contributed by atoms with E-state index < -0.39 is 8.32 Å². The van der Waals surface area contributed by atoms with E-state index in [0.717, 1.165) is 16.7 Å². The first-order chi connectivity index (χ1) is 13.9. The van der Waals surface area contributed by atoms with Crippen LogP contribution in [-0.2, 0) is 20.5 Å². The summed E-state index contributed by atoms with van der Waals surface area (Å²) in [7, 11) is -1.85. The average molecular weight is 434 g/mol. The van der Waals surface area contributed by atoms with Crippen LogP contribution in [0.1, 0.15) is 33.3 Å². The minimum atomic E-state index is -1.85. The highest BCUT2D eigenvalue weighted by atomic mass is 28.4. The molecule has 7 nitrogen and oxygen atoms in total. The van der Waals surface area contributed by atoms with Gasteiger partial charge in [0.15, 0.2) is 8.32 Å². The molecule has 0 fully saturated rings. The van der Waals surface area contributed by atoms with Crippen LogP contribution in [-0.4, -0.2) is 43.9 Å². The van der Waals surface area contributed by atoms with Crippen molar-refractivity contribution in [2.75, 3.05) is 25.6 Å². The third-order valence-corrected chi connectivity index (χ3v) is 10.0. The van der Waals surface area contributed by atoms with E-state index in [-0.39, 0.29) is 24.2 Å². The van der Waals surface area contributed by atoms with Crippen molar-refractivity contribution in [1.29, 1.82) is 0 Å². The number of hydrogen-bond acceptors (Lipinski definition) is 6. The minimum Gasteiger partial charge on any atom is -0.472 e. The Morgan fingerprint density at radius 2 is 1.77 bits per heavy atom. The molecule has 0 radical (unpaired) electrons. The van der Waals surface area contributed by atoms with Gasteiger partial charge >= 0.3 is 5.97 Å². The first kappa shape index (κ1) is 24.0. The van der Waals surface area contributed by atoms with Gasteiger partial charge in [0.05, 0.1) is 18.7 Å². The summed E-state index contributed by atoms with van der Waals surface area (Å²) >= 11 is 0. The van der Waals surface area contributed by atoms with Crippen LogP contribution in [0.15, 0.2) is 24.3 Å². The topological polar surface area (TPSA) is 88.6 Å². The van der Waals surface area contributed by atoms with Gasteiger partial charge in [-0.25, -0.2) is 4.68 Å². The molecule has 2 rings (SSSR count). The van der Waals surface area contributed by atoms with Crippen LogP contribution in [0.3, 0.4) is 0 Å². The number of aromatic nitrogens is 2. The SMILES string of the molecule is CC(=O)OCCOc1nn(CCO[Si](C)(C)C(C)(C)C)c(N)c1-c1ccc(C)cc1. The summed E-state index contributed by atoms with van der Waals surface area (Å²) in [6.07, 6.45) is 0. The summed E-state index contributed by atoms with van der Waals surface area (Å²) in [6, 6.07) is 8.04. The molecule has 0 bridgehead atoms. The second-order valence-electron chi connectivity index (χ2n) is 8.95.